The van der Waals surface area contributed by atoms with Crippen molar-refractivity contribution in [3.05, 3.63) is 35.9 Å². The van der Waals surface area contributed by atoms with Gasteiger partial charge in [0.2, 0.25) is 0 Å². The third kappa shape index (κ3) is 4.83. The van der Waals surface area contributed by atoms with Crippen LogP contribution < -0.4 is 5.32 Å². The van der Waals surface area contributed by atoms with E-state index in [2.05, 4.69) is 17.1 Å². The molecule has 1 atom stereocenters. The van der Waals surface area contributed by atoms with Crippen LogP contribution in [0.2, 0.25) is 0 Å². The van der Waals surface area contributed by atoms with E-state index in [0.29, 0.717) is 12.5 Å². The van der Waals surface area contributed by atoms with Crippen molar-refractivity contribution in [1.82, 2.24) is 10.2 Å². The topological polar surface area (TPSA) is 52.6 Å². The third-order valence-corrected chi connectivity index (χ3v) is 4.36. The molecule has 2 rings (SSSR count). The number of nitrogens with zero attached hydrogens (tertiary/aromatic N) is 1. The summed E-state index contributed by atoms with van der Waals surface area (Å²) in [5.74, 6) is -0.478. The molecular formula is C17H26N2O2. The van der Waals surface area contributed by atoms with Crippen molar-refractivity contribution in [3.8, 4) is 0 Å². The summed E-state index contributed by atoms with van der Waals surface area (Å²) in [6.45, 7) is 6.80. The molecule has 0 amide bonds. The lowest BCUT2D eigenvalue weighted by Crippen LogP contribution is -2.39. The van der Waals surface area contributed by atoms with Gasteiger partial charge in [-0.05, 0) is 44.0 Å². The Bertz CT molecular complexity index is 430. The van der Waals surface area contributed by atoms with E-state index in [-0.39, 0.29) is 0 Å². The lowest BCUT2D eigenvalue weighted by molar-refractivity contribution is -0.139. The van der Waals surface area contributed by atoms with Gasteiger partial charge < -0.3 is 15.3 Å². The summed E-state index contributed by atoms with van der Waals surface area (Å²) in [4.78, 5) is 13.9. The Morgan fingerprint density at radius 3 is 2.57 bits per heavy atom. The van der Waals surface area contributed by atoms with Crippen molar-refractivity contribution < 1.29 is 9.90 Å². The molecule has 116 valence electrons. The molecular weight excluding hydrogens is 264 g/mol. The molecule has 0 aliphatic carbocycles. The lowest BCUT2D eigenvalue weighted by atomic mass is 9.95. The summed E-state index contributed by atoms with van der Waals surface area (Å²) in [6.07, 6.45) is 2.39. The number of aliphatic carboxylic acids is 1. The number of rotatable bonds is 7. The molecule has 1 aliphatic rings. The van der Waals surface area contributed by atoms with Crippen LogP contribution in [-0.2, 0) is 4.79 Å². The molecule has 0 saturated carbocycles. The molecule has 1 fully saturated rings. The van der Waals surface area contributed by atoms with Crippen molar-refractivity contribution in [2.24, 2.45) is 5.92 Å². The first-order chi connectivity index (χ1) is 10.2. The summed E-state index contributed by atoms with van der Waals surface area (Å²) in [5.41, 5.74) is 0.897. The van der Waals surface area contributed by atoms with Gasteiger partial charge in [-0.1, -0.05) is 37.3 Å². The van der Waals surface area contributed by atoms with Gasteiger partial charge >= 0.3 is 5.97 Å². The highest BCUT2D eigenvalue weighted by atomic mass is 16.4. The molecule has 1 aromatic rings. The smallest absolute Gasteiger partial charge is 0.312 e. The first-order valence-electron chi connectivity index (χ1n) is 7.91. The predicted octanol–water partition coefficient (Wildman–Crippen LogP) is 2.18. The van der Waals surface area contributed by atoms with Crippen LogP contribution in [0.3, 0.4) is 0 Å². The van der Waals surface area contributed by atoms with Crippen molar-refractivity contribution in [3.63, 3.8) is 0 Å². The summed E-state index contributed by atoms with van der Waals surface area (Å²) in [7, 11) is 0. The van der Waals surface area contributed by atoms with Gasteiger partial charge in [-0.15, -0.1) is 0 Å². The SMILES string of the molecule is CCN(CC1CCNCC1)CC(C(=O)O)c1ccccc1. The summed E-state index contributed by atoms with van der Waals surface area (Å²) in [6, 6.07) is 9.58. The number of benzene rings is 1. The standard InChI is InChI=1S/C17H26N2O2/c1-2-19(12-14-8-10-18-11-9-14)13-16(17(20)21)15-6-4-3-5-7-15/h3-7,14,16,18H,2,8-13H2,1H3,(H,20,21). The second kappa shape index (κ2) is 8.15. The lowest BCUT2D eigenvalue weighted by Gasteiger charge is -2.31. The Kier molecular flexibility index (Phi) is 6.21. The van der Waals surface area contributed by atoms with Crippen LogP contribution in [0.4, 0.5) is 0 Å². The predicted molar refractivity (Wildman–Crippen MR) is 84.5 cm³/mol. The Morgan fingerprint density at radius 2 is 2.00 bits per heavy atom. The average molecular weight is 290 g/mol. The maximum atomic E-state index is 11.6. The number of hydrogen-bond donors (Lipinski definition) is 2. The number of piperidine rings is 1. The fraction of sp³-hybridized carbons (Fsp3) is 0.588. The highest BCUT2D eigenvalue weighted by Gasteiger charge is 2.24. The fourth-order valence-corrected chi connectivity index (χ4v) is 3.03. The van der Waals surface area contributed by atoms with Gasteiger partial charge in [-0.3, -0.25) is 4.79 Å². The van der Waals surface area contributed by atoms with E-state index in [4.69, 9.17) is 0 Å². The number of carboxylic acids is 1. The Balaban J connectivity index is 1.98. The van der Waals surface area contributed by atoms with E-state index in [1.54, 1.807) is 0 Å². The molecule has 4 nitrogen and oxygen atoms in total. The van der Waals surface area contributed by atoms with Crippen molar-refractivity contribution in [1.29, 1.82) is 0 Å². The molecule has 2 N–H and O–H groups in total. The van der Waals surface area contributed by atoms with E-state index in [9.17, 15) is 9.90 Å². The van der Waals surface area contributed by atoms with Gasteiger partial charge in [0.1, 0.15) is 0 Å². The Labute approximate surface area is 127 Å². The first kappa shape index (κ1) is 16.0. The van der Waals surface area contributed by atoms with Crippen LogP contribution >= 0.6 is 0 Å². The monoisotopic (exact) mass is 290 g/mol. The Morgan fingerprint density at radius 1 is 1.33 bits per heavy atom. The molecule has 0 radical (unpaired) electrons. The molecule has 4 heteroatoms. The van der Waals surface area contributed by atoms with Crippen LogP contribution in [0, 0.1) is 5.92 Å². The second-order valence-corrected chi connectivity index (χ2v) is 5.85. The van der Waals surface area contributed by atoms with Gasteiger partial charge in [0.05, 0.1) is 5.92 Å². The van der Waals surface area contributed by atoms with Gasteiger partial charge in [0.15, 0.2) is 0 Å². The molecule has 0 spiro atoms. The zero-order valence-electron chi connectivity index (χ0n) is 12.8. The summed E-state index contributed by atoms with van der Waals surface area (Å²) >= 11 is 0. The fourth-order valence-electron chi connectivity index (χ4n) is 3.03. The molecule has 1 unspecified atom stereocenters. The largest absolute Gasteiger partial charge is 0.481 e. The number of carbonyl (C=O) groups is 1. The van der Waals surface area contributed by atoms with Crippen LogP contribution in [0.25, 0.3) is 0 Å². The maximum absolute atomic E-state index is 11.6. The summed E-state index contributed by atoms with van der Waals surface area (Å²) < 4.78 is 0. The molecule has 1 aromatic carbocycles. The van der Waals surface area contributed by atoms with Crippen LogP contribution in [-0.4, -0.2) is 48.7 Å². The minimum Gasteiger partial charge on any atom is -0.481 e. The van der Waals surface area contributed by atoms with Crippen molar-refractivity contribution in [2.75, 3.05) is 32.7 Å². The minimum absolute atomic E-state index is 0.437. The van der Waals surface area contributed by atoms with E-state index in [1.807, 2.05) is 30.3 Å². The highest BCUT2D eigenvalue weighted by molar-refractivity contribution is 5.76. The quantitative estimate of drug-likeness (QED) is 0.808. The molecule has 1 heterocycles. The zero-order valence-corrected chi connectivity index (χ0v) is 12.8. The molecule has 0 bridgehead atoms. The highest BCUT2D eigenvalue weighted by Crippen LogP contribution is 2.20. The molecule has 0 aromatic heterocycles. The number of hydrogen-bond acceptors (Lipinski definition) is 3. The normalized spacial score (nSPS) is 17.8. The van der Waals surface area contributed by atoms with Gasteiger partial charge in [0.25, 0.3) is 0 Å². The van der Waals surface area contributed by atoms with E-state index in [0.717, 1.165) is 31.7 Å². The second-order valence-electron chi connectivity index (χ2n) is 5.85. The molecule has 1 aliphatic heterocycles. The van der Waals surface area contributed by atoms with Crippen molar-refractivity contribution in [2.45, 2.75) is 25.7 Å². The first-order valence-corrected chi connectivity index (χ1v) is 7.91. The van der Waals surface area contributed by atoms with E-state index < -0.39 is 11.9 Å². The third-order valence-electron chi connectivity index (χ3n) is 4.36. The number of carboxylic acid groups (broad SMARTS) is 1. The van der Waals surface area contributed by atoms with Crippen LogP contribution in [0.15, 0.2) is 30.3 Å². The van der Waals surface area contributed by atoms with E-state index >= 15 is 0 Å². The van der Waals surface area contributed by atoms with Crippen LogP contribution in [0.5, 0.6) is 0 Å². The average Bonchev–Trinajstić information content (AvgIpc) is 2.52. The van der Waals surface area contributed by atoms with Crippen molar-refractivity contribution >= 4 is 5.97 Å². The molecule has 21 heavy (non-hydrogen) atoms. The number of likely N-dealkylation sites (N-methyl/N-ethyl adjacent to an activating group) is 1. The Hall–Kier alpha value is -1.39. The minimum atomic E-state index is -0.732. The molecule has 1 saturated heterocycles. The zero-order chi connectivity index (χ0) is 15.1. The van der Waals surface area contributed by atoms with Gasteiger partial charge in [0, 0.05) is 13.1 Å². The van der Waals surface area contributed by atoms with Crippen LogP contribution in [0.1, 0.15) is 31.2 Å². The van der Waals surface area contributed by atoms with E-state index in [1.165, 1.54) is 12.8 Å². The van der Waals surface area contributed by atoms with Gasteiger partial charge in [-0.2, -0.15) is 0 Å². The van der Waals surface area contributed by atoms with Gasteiger partial charge in [-0.25, -0.2) is 0 Å². The number of nitrogens with one attached hydrogen (secondary N) is 1. The summed E-state index contributed by atoms with van der Waals surface area (Å²) in [5, 5.41) is 12.9. The maximum Gasteiger partial charge on any atom is 0.312 e.